The zero-order chi connectivity index (χ0) is 14.9. The van der Waals surface area contributed by atoms with Gasteiger partial charge >= 0.3 is 0 Å². The number of rotatable bonds is 4. The van der Waals surface area contributed by atoms with Crippen molar-refractivity contribution < 1.29 is 8.42 Å². The molecule has 0 saturated heterocycles. The Labute approximate surface area is 119 Å². The molecule has 0 spiro atoms. The highest BCUT2D eigenvalue weighted by atomic mass is 32.2. The Morgan fingerprint density at radius 3 is 2.55 bits per heavy atom. The maximum atomic E-state index is 12.4. The second kappa shape index (κ2) is 5.38. The first-order valence-electron chi connectivity index (χ1n) is 6.35. The molecule has 5 nitrogen and oxygen atoms in total. The van der Waals surface area contributed by atoms with Crippen molar-refractivity contribution >= 4 is 10.0 Å². The molecule has 0 radical (unpaired) electrons. The highest BCUT2D eigenvalue weighted by Gasteiger charge is 2.17. The molecule has 1 aromatic heterocycles. The van der Waals surface area contributed by atoms with Crippen LogP contribution in [0.5, 0.6) is 0 Å². The van der Waals surface area contributed by atoms with Crippen molar-refractivity contribution in [3.05, 3.63) is 46.8 Å². The minimum absolute atomic E-state index is 0.245. The van der Waals surface area contributed by atoms with Crippen LogP contribution in [-0.4, -0.2) is 18.2 Å². The molecule has 0 fully saturated rings. The highest BCUT2D eigenvalue weighted by Crippen LogP contribution is 2.17. The summed E-state index contributed by atoms with van der Waals surface area (Å²) in [4.78, 5) is 0.332. The van der Waals surface area contributed by atoms with Crippen molar-refractivity contribution in [1.82, 2.24) is 14.5 Å². The van der Waals surface area contributed by atoms with Gasteiger partial charge in [0.15, 0.2) is 0 Å². The van der Waals surface area contributed by atoms with E-state index >= 15 is 0 Å². The zero-order valence-electron chi connectivity index (χ0n) is 12.1. The van der Waals surface area contributed by atoms with E-state index in [0.29, 0.717) is 4.90 Å². The quantitative estimate of drug-likeness (QED) is 0.935. The Balaban J connectivity index is 2.23. The van der Waals surface area contributed by atoms with Crippen molar-refractivity contribution in [2.24, 2.45) is 7.05 Å². The van der Waals surface area contributed by atoms with Gasteiger partial charge in [-0.05, 0) is 38.0 Å². The molecule has 1 heterocycles. The Morgan fingerprint density at radius 2 is 1.95 bits per heavy atom. The maximum absolute atomic E-state index is 12.4. The molecule has 108 valence electrons. The Hall–Kier alpha value is -1.66. The van der Waals surface area contributed by atoms with Gasteiger partial charge < -0.3 is 0 Å². The number of nitrogens with one attached hydrogen (secondary N) is 1. The van der Waals surface area contributed by atoms with Crippen LogP contribution in [0, 0.1) is 20.8 Å². The number of aryl methyl sites for hydroxylation is 4. The second-order valence-electron chi connectivity index (χ2n) is 5.01. The van der Waals surface area contributed by atoms with Gasteiger partial charge in [-0.3, -0.25) is 4.68 Å². The third-order valence-corrected chi connectivity index (χ3v) is 4.74. The monoisotopic (exact) mass is 293 g/mol. The molecule has 0 atom stereocenters. The van der Waals surface area contributed by atoms with Crippen LogP contribution in [-0.2, 0) is 23.6 Å². The molecule has 0 aliphatic rings. The molecule has 0 aliphatic carbocycles. The Bertz CT molecular complexity index is 733. The van der Waals surface area contributed by atoms with E-state index in [4.69, 9.17) is 0 Å². The molecule has 0 bridgehead atoms. The maximum Gasteiger partial charge on any atom is 0.241 e. The first-order valence-corrected chi connectivity index (χ1v) is 7.84. The minimum Gasteiger partial charge on any atom is -0.275 e. The van der Waals surface area contributed by atoms with E-state index in [-0.39, 0.29) is 6.54 Å². The number of nitrogens with zero attached hydrogens (tertiary/aromatic N) is 2. The fourth-order valence-electron chi connectivity index (χ4n) is 2.07. The summed E-state index contributed by atoms with van der Waals surface area (Å²) in [7, 11) is -1.69. The fourth-order valence-corrected chi connectivity index (χ4v) is 3.40. The molecule has 0 unspecified atom stereocenters. The smallest absolute Gasteiger partial charge is 0.241 e. The van der Waals surface area contributed by atoms with Gasteiger partial charge in [0.25, 0.3) is 0 Å². The van der Waals surface area contributed by atoms with Crippen LogP contribution in [0.4, 0.5) is 0 Å². The lowest BCUT2D eigenvalue weighted by molar-refractivity contribution is 0.580. The average Bonchev–Trinajstić information content (AvgIpc) is 2.68. The van der Waals surface area contributed by atoms with Gasteiger partial charge in [0.2, 0.25) is 10.0 Å². The van der Waals surface area contributed by atoms with E-state index in [9.17, 15) is 8.42 Å². The van der Waals surface area contributed by atoms with Crippen molar-refractivity contribution in [3.8, 4) is 0 Å². The van der Waals surface area contributed by atoms with E-state index in [1.165, 1.54) is 0 Å². The summed E-state index contributed by atoms with van der Waals surface area (Å²) in [5, 5.41) is 4.20. The SMILES string of the molecule is Cc1ccc(C)c(S(=O)(=O)NCc2cn(C)nc2C)c1. The first-order chi connectivity index (χ1) is 9.29. The van der Waals surface area contributed by atoms with Crippen molar-refractivity contribution in [1.29, 1.82) is 0 Å². The van der Waals surface area contributed by atoms with Crippen LogP contribution >= 0.6 is 0 Å². The van der Waals surface area contributed by atoms with Gasteiger partial charge in [-0.25, -0.2) is 13.1 Å². The van der Waals surface area contributed by atoms with Gasteiger partial charge in [-0.15, -0.1) is 0 Å². The summed E-state index contributed by atoms with van der Waals surface area (Å²) in [6.45, 7) is 5.78. The van der Waals surface area contributed by atoms with E-state index < -0.39 is 10.0 Å². The predicted octanol–water partition coefficient (Wildman–Crippen LogP) is 1.82. The Morgan fingerprint density at radius 1 is 1.25 bits per heavy atom. The molecule has 0 saturated carbocycles. The number of benzene rings is 1. The number of aromatic nitrogens is 2. The van der Waals surface area contributed by atoms with Crippen LogP contribution < -0.4 is 4.72 Å². The molecule has 2 rings (SSSR count). The van der Waals surface area contributed by atoms with Crippen LogP contribution in [0.25, 0.3) is 0 Å². The zero-order valence-corrected chi connectivity index (χ0v) is 13.0. The number of sulfonamides is 1. The molecule has 2 aromatic rings. The summed E-state index contributed by atoms with van der Waals surface area (Å²) in [6.07, 6.45) is 1.82. The number of hydrogen-bond donors (Lipinski definition) is 1. The molecule has 20 heavy (non-hydrogen) atoms. The van der Waals surface area contributed by atoms with E-state index in [0.717, 1.165) is 22.4 Å². The molecule has 0 amide bonds. The molecule has 6 heteroatoms. The second-order valence-corrected chi connectivity index (χ2v) is 6.74. The summed E-state index contributed by atoms with van der Waals surface area (Å²) in [5.41, 5.74) is 3.37. The topological polar surface area (TPSA) is 64.0 Å². The molecule has 0 aliphatic heterocycles. The summed E-state index contributed by atoms with van der Waals surface area (Å²) in [5.74, 6) is 0. The predicted molar refractivity (Wildman–Crippen MR) is 77.9 cm³/mol. The molecular weight excluding hydrogens is 274 g/mol. The van der Waals surface area contributed by atoms with Crippen LogP contribution in [0.1, 0.15) is 22.4 Å². The lowest BCUT2D eigenvalue weighted by Crippen LogP contribution is -2.24. The Kier molecular flexibility index (Phi) is 3.96. The lowest BCUT2D eigenvalue weighted by atomic mass is 10.2. The van der Waals surface area contributed by atoms with Crippen molar-refractivity contribution in [2.75, 3.05) is 0 Å². The van der Waals surface area contributed by atoms with Crippen LogP contribution in [0.2, 0.25) is 0 Å². The summed E-state index contributed by atoms with van der Waals surface area (Å²) in [6, 6.07) is 5.41. The summed E-state index contributed by atoms with van der Waals surface area (Å²) >= 11 is 0. The van der Waals surface area contributed by atoms with E-state index in [1.54, 1.807) is 17.7 Å². The van der Waals surface area contributed by atoms with Gasteiger partial charge in [0.1, 0.15) is 0 Å². The van der Waals surface area contributed by atoms with Crippen molar-refractivity contribution in [2.45, 2.75) is 32.2 Å². The largest absolute Gasteiger partial charge is 0.275 e. The van der Waals surface area contributed by atoms with Gasteiger partial charge in [-0.1, -0.05) is 12.1 Å². The highest BCUT2D eigenvalue weighted by molar-refractivity contribution is 7.89. The lowest BCUT2D eigenvalue weighted by Gasteiger charge is -2.09. The van der Waals surface area contributed by atoms with E-state index in [2.05, 4.69) is 9.82 Å². The summed E-state index contributed by atoms with van der Waals surface area (Å²) < 4.78 is 29.0. The standard InChI is InChI=1S/C14H19N3O2S/c1-10-5-6-11(2)14(7-10)20(18,19)15-8-13-9-17(4)16-12(13)3/h5-7,9,15H,8H2,1-4H3. The van der Waals surface area contributed by atoms with Crippen LogP contribution in [0.15, 0.2) is 29.3 Å². The number of hydrogen-bond acceptors (Lipinski definition) is 3. The van der Waals surface area contributed by atoms with Crippen molar-refractivity contribution in [3.63, 3.8) is 0 Å². The molecule has 1 aromatic carbocycles. The minimum atomic E-state index is -3.51. The molecule has 1 N–H and O–H groups in total. The third kappa shape index (κ3) is 3.08. The van der Waals surface area contributed by atoms with Gasteiger partial charge in [-0.2, -0.15) is 5.10 Å². The normalized spacial score (nSPS) is 11.8. The van der Waals surface area contributed by atoms with Gasteiger partial charge in [0.05, 0.1) is 10.6 Å². The van der Waals surface area contributed by atoms with Gasteiger partial charge in [0, 0.05) is 25.4 Å². The molecular formula is C14H19N3O2S. The average molecular weight is 293 g/mol. The third-order valence-electron chi connectivity index (χ3n) is 3.20. The first kappa shape index (κ1) is 14.7. The van der Waals surface area contributed by atoms with E-state index in [1.807, 2.05) is 39.2 Å². The van der Waals surface area contributed by atoms with Crippen LogP contribution in [0.3, 0.4) is 0 Å². The fraction of sp³-hybridized carbons (Fsp3) is 0.357.